The van der Waals surface area contributed by atoms with Gasteiger partial charge in [0.25, 0.3) is 0 Å². The van der Waals surface area contributed by atoms with Gasteiger partial charge >= 0.3 is 0 Å². The van der Waals surface area contributed by atoms with Crippen molar-refractivity contribution in [1.29, 1.82) is 0 Å². The smallest absolute Gasteiger partial charge is 0.202 e. The Hall–Kier alpha value is -1.56. The van der Waals surface area contributed by atoms with Gasteiger partial charge in [0.15, 0.2) is 5.65 Å². The number of hydrogen-bond acceptors (Lipinski definition) is 4. The van der Waals surface area contributed by atoms with E-state index in [1.54, 1.807) is 0 Å². The molecular formula is C14H24N6. The Morgan fingerprint density at radius 1 is 1.40 bits per heavy atom. The molecule has 0 aliphatic carbocycles. The van der Waals surface area contributed by atoms with Crippen molar-refractivity contribution in [3.63, 3.8) is 0 Å². The zero-order valence-corrected chi connectivity index (χ0v) is 12.6. The number of anilines is 1. The molecule has 1 unspecified atom stereocenters. The molecule has 6 nitrogen and oxygen atoms in total. The Morgan fingerprint density at radius 3 is 2.90 bits per heavy atom. The highest BCUT2D eigenvalue weighted by atomic mass is 15.4. The van der Waals surface area contributed by atoms with E-state index in [-0.39, 0.29) is 0 Å². The molecular weight excluding hydrogens is 252 g/mol. The number of fused-ring (bicyclic) bond motifs is 1. The predicted octanol–water partition coefficient (Wildman–Crippen LogP) is 1.49. The van der Waals surface area contributed by atoms with Crippen LogP contribution in [0.2, 0.25) is 0 Å². The van der Waals surface area contributed by atoms with Crippen LogP contribution in [0, 0.1) is 12.8 Å². The number of nitrogens with two attached hydrogens (primary N) is 1. The number of aryl methyl sites for hydroxylation is 2. The molecule has 1 saturated heterocycles. The summed E-state index contributed by atoms with van der Waals surface area (Å²) in [6, 6.07) is 0. The third-order valence-corrected chi connectivity index (χ3v) is 4.29. The van der Waals surface area contributed by atoms with E-state index >= 15 is 0 Å². The normalized spacial score (nSPS) is 20.9. The lowest BCUT2D eigenvalue weighted by atomic mass is 9.98. The SMILES string of the molecule is CCn1nc(C)c2nc(N)n(CC3CCCN(C)C3)c21. The fraction of sp³-hybridized carbons (Fsp3) is 0.714. The van der Waals surface area contributed by atoms with Gasteiger partial charge in [0, 0.05) is 19.6 Å². The summed E-state index contributed by atoms with van der Waals surface area (Å²) < 4.78 is 4.17. The number of imidazole rings is 1. The zero-order chi connectivity index (χ0) is 14.3. The van der Waals surface area contributed by atoms with Gasteiger partial charge in [-0.05, 0) is 46.2 Å². The third kappa shape index (κ3) is 2.18. The van der Waals surface area contributed by atoms with Gasteiger partial charge in [0.1, 0.15) is 5.52 Å². The molecule has 0 spiro atoms. The van der Waals surface area contributed by atoms with Gasteiger partial charge in [-0.3, -0.25) is 4.57 Å². The van der Waals surface area contributed by atoms with E-state index in [0.717, 1.165) is 36.5 Å². The van der Waals surface area contributed by atoms with Gasteiger partial charge in [0.2, 0.25) is 5.95 Å². The minimum Gasteiger partial charge on any atom is -0.369 e. The minimum atomic E-state index is 0.621. The molecule has 0 saturated carbocycles. The zero-order valence-electron chi connectivity index (χ0n) is 12.6. The molecule has 6 heteroatoms. The lowest BCUT2D eigenvalue weighted by Gasteiger charge is -2.30. The van der Waals surface area contributed by atoms with Gasteiger partial charge in [-0.15, -0.1) is 0 Å². The molecule has 1 aliphatic heterocycles. The van der Waals surface area contributed by atoms with Crippen molar-refractivity contribution >= 4 is 17.1 Å². The number of nitrogen functional groups attached to an aromatic ring is 1. The van der Waals surface area contributed by atoms with Crippen LogP contribution in [-0.4, -0.2) is 44.4 Å². The van der Waals surface area contributed by atoms with Crippen LogP contribution >= 0.6 is 0 Å². The molecule has 1 fully saturated rings. The number of rotatable bonds is 3. The summed E-state index contributed by atoms with van der Waals surface area (Å²) in [5, 5.41) is 4.55. The van der Waals surface area contributed by atoms with E-state index in [4.69, 9.17) is 5.73 Å². The summed E-state index contributed by atoms with van der Waals surface area (Å²) in [5.41, 5.74) is 9.14. The number of hydrogen-bond donors (Lipinski definition) is 1. The van der Waals surface area contributed by atoms with Gasteiger partial charge in [-0.1, -0.05) is 0 Å². The van der Waals surface area contributed by atoms with Crippen molar-refractivity contribution in [1.82, 2.24) is 24.2 Å². The third-order valence-electron chi connectivity index (χ3n) is 4.29. The van der Waals surface area contributed by atoms with Gasteiger partial charge in [-0.2, -0.15) is 5.10 Å². The maximum atomic E-state index is 6.14. The first kappa shape index (κ1) is 13.4. The average molecular weight is 276 g/mol. The minimum absolute atomic E-state index is 0.621. The van der Waals surface area contributed by atoms with Crippen LogP contribution in [0.15, 0.2) is 0 Å². The van der Waals surface area contributed by atoms with Gasteiger partial charge in [-0.25, -0.2) is 9.67 Å². The van der Waals surface area contributed by atoms with E-state index < -0.39 is 0 Å². The van der Waals surface area contributed by atoms with Crippen LogP contribution in [0.3, 0.4) is 0 Å². The van der Waals surface area contributed by atoms with Crippen LogP contribution < -0.4 is 5.73 Å². The summed E-state index contributed by atoms with van der Waals surface area (Å²) in [6.07, 6.45) is 2.54. The lowest BCUT2D eigenvalue weighted by molar-refractivity contribution is 0.195. The molecule has 20 heavy (non-hydrogen) atoms. The Bertz CT molecular complexity index is 611. The molecule has 1 atom stereocenters. The molecule has 0 bridgehead atoms. The second-order valence-corrected chi connectivity index (χ2v) is 5.92. The van der Waals surface area contributed by atoms with E-state index in [2.05, 4.69) is 33.5 Å². The molecule has 3 rings (SSSR count). The summed E-state index contributed by atoms with van der Waals surface area (Å²) in [4.78, 5) is 6.91. The molecule has 2 aromatic rings. The maximum Gasteiger partial charge on any atom is 0.202 e. The Labute approximate surface area is 119 Å². The van der Waals surface area contributed by atoms with Crippen molar-refractivity contribution < 1.29 is 0 Å². The lowest BCUT2D eigenvalue weighted by Crippen LogP contribution is -2.34. The summed E-state index contributed by atoms with van der Waals surface area (Å²) in [7, 11) is 2.19. The number of piperidine rings is 1. The topological polar surface area (TPSA) is 64.9 Å². The van der Waals surface area contributed by atoms with Gasteiger partial charge < -0.3 is 10.6 Å². The van der Waals surface area contributed by atoms with Crippen LogP contribution in [0.4, 0.5) is 5.95 Å². The number of likely N-dealkylation sites (tertiary alicyclic amines) is 1. The number of nitrogens with zero attached hydrogens (tertiary/aromatic N) is 5. The molecule has 3 heterocycles. The molecule has 0 amide bonds. The van der Waals surface area contributed by atoms with Crippen LogP contribution in [0.1, 0.15) is 25.5 Å². The first-order valence-electron chi connectivity index (χ1n) is 7.47. The fourth-order valence-electron chi connectivity index (χ4n) is 3.32. The van der Waals surface area contributed by atoms with E-state index in [1.807, 2.05) is 11.6 Å². The molecule has 2 aromatic heterocycles. The first-order valence-corrected chi connectivity index (χ1v) is 7.47. The van der Waals surface area contributed by atoms with Crippen molar-refractivity contribution in [2.75, 3.05) is 25.9 Å². The largest absolute Gasteiger partial charge is 0.369 e. The van der Waals surface area contributed by atoms with Crippen LogP contribution in [0.5, 0.6) is 0 Å². The van der Waals surface area contributed by atoms with E-state index in [1.165, 1.54) is 19.4 Å². The first-order chi connectivity index (χ1) is 9.60. The predicted molar refractivity (Wildman–Crippen MR) is 80.6 cm³/mol. The summed E-state index contributed by atoms with van der Waals surface area (Å²) in [5.74, 6) is 1.27. The summed E-state index contributed by atoms with van der Waals surface area (Å²) >= 11 is 0. The summed E-state index contributed by atoms with van der Waals surface area (Å²) in [6.45, 7) is 8.24. The van der Waals surface area contributed by atoms with Crippen molar-refractivity contribution in [2.24, 2.45) is 5.92 Å². The second-order valence-electron chi connectivity index (χ2n) is 5.92. The monoisotopic (exact) mass is 276 g/mol. The molecule has 2 N–H and O–H groups in total. The fourth-order valence-corrected chi connectivity index (χ4v) is 3.32. The highest BCUT2D eigenvalue weighted by molar-refractivity contribution is 5.77. The standard InChI is InChI=1S/C14H24N6/c1-4-20-13-12(10(2)17-20)16-14(15)19(13)9-11-6-5-7-18(3)8-11/h11H,4-9H2,1-3H3,(H2,15,16). The second kappa shape index (κ2) is 5.09. The molecule has 110 valence electrons. The molecule has 0 aromatic carbocycles. The highest BCUT2D eigenvalue weighted by Crippen LogP contribution is 2.25. The molecule has 0 radical (unpaired) electrons. The Balaban J connectivity index is 1.95. The van der Waals surface area contributed by atoms with Crippen molar-refractivity contribution in [3.05, 3.63) is 5.69 Å². The Kier molecular flexibility index (Phi) is 3.41. The number of aromatic nitrogens is 4. The maximum absolute atomic E-state index is 6.14. The quantitative estimate of drug-likeness (QED) is 0.922. The van der Waals surface area contributed by atoms with Crippen molar-refractivity contribution in [3.8, 4) is 0 Å². The van der Waals surface area contributed by atoms with Crippen LogP contribution in [-0.2, 0) is 13.1 Å². The van der Waals surface area contributed by atoms with E-state index in [9.17, 15) is 0 Å². The molecule has 1 aliphatic rings. The average Bonchev–Trinajstić information content (AvgIpc) is 2.89. The Morgan fingerprint density at radius 2 is 2.20 bits per heavy atom. The van der Waals surface area contributed by atoms with Crippen molar-refractivity contribution in [2.45, 2.75) is 39.8 Å². The van der Waals surface area contributed by atoms with Gasteiger partial charge in [0.05, 0.1) is 5.69 Å². The van der Waals surface area contributed by atoms with Crippen LogP contribution in [0.25, 0.3) is 11.2 Å². The highest BCUT2D eigenvalue weighted by Gasteiger charge is 2.22. The van der Waals surface area contributed by atoms with E-state index in [0.29, 0.717) is 11.9 Å².